The fourth-order valence-corrected chi connectivity index (χ4v) is 5.13. The molecule has 2 aromatic rings. The van der Waals surface area contributed by atoms with Gasteiger partial charge in [0, 0.05) is 33.7 Å². The third-order valence-corrected chi connectivity index (χ3v) is 6.93. The van der Waals surface area contributed by atoms with Gasteiger partial charge >= 0.3 is 0 Å². The van der Waals surface area contributed by atoms with Gasteiger partial charge in [0.25, 0.3) is 11.1 Å². The quantitative estimate of drug-likeness (QED) is 0.429. The Kier molecular flexibility index (Phi) is 6.54. The molecule has 1 aromatic heterocycles. The fourth-order valence-electron chi connectivity index (χ4n) is 3.77. The monoisotopic (exact) mass is 551 g/mol. The molecule has 0 saturated carbocycles. The number of ether oxygens (including phenoxy) is 1. The minimum absolute atomic E-state index is 0.233. The highest BCUT2D eigenvalue weighted by molar-refractivity contribution is 14.1. The maximum absolute atomic E-state index is 12.9. The molecule has 0 bridgehead atoms. The van der Waals surface area contributed by atoms with E-state index in [0.29, 0.717) is 31.2 Å². The second-order valence-electron chi connectivity index (χ2n) is 7.40. The molecule has 0 unspecified atom stereocenters. The van der Waals surface area contributed by atoms with Crippen LogP contribution in [-0.2, 0) is 14.3 Å². The number of thioether (sulfide) groups is 1. The molecule has 1 aromatic carbocycles. The molecule has 0 N–H and O–H groups in total. The van der Waals surface area contributed by atoms with E-state index >= 15 is 0 Å². The molecule has 2 aliphatic heterocycles. The van der Waals surface area contributed by atoms with Crippen LogP contribution in [0.2, 0.25) is 0 Å². The molecule has 2 aliphatic rings. The zero-order valence-corrected chi connectivity index (χ0v) is 20.2. The zero-order valence-electron chi connectivity index (χ0n) is 17.3. The van der Waals surface area contributed by atoms with E-state index in [-0.39, 0.29) is 12.5 Å². The van der Waals surface area contributed by atoms with Crippen LogP contribution in [0.15, 0.2) is 35.2 Å². The number of hydrogen-bond donors (Lipinski definition) is 0. The second-order valence-corrected chi connectivity index (χ2v) is 9.64. The Balaban J connectivity index is 1.56. The Morgan fingerprint density at radius 3 is 2.65 bits per heavy atom. The van der Waals surface area contributed by atoms with Crippen LogP contribution >= 0.6 is 34.4 Å². The topological polar surface area (TPSA) is 71.9 Å². The number of carbonyl (C=O) groups is 3. The summed E-state index contributed by atoms with van der Waals surface area (Å²) in [5.41, 5.74) is 3.94. The van der Waals surface area contributed by atoms with Crippen molar-refractivity contribution in [2.45, 2.75) is 13.8 Å². The lowest BCUT2D eigenvalue weighted by Crippen LogP contribution is -2.46. The van der Waals surface area contributed by atoms with Crippen molar-refractivity contribution in [2.75, 3.05) is 32.8 Å². The van der Waals surface area contributed by atoms with Gasteiger partial charge in [-0.3, -0.25) is 19.3 Å². The van der Waals surface area contributed by atoms with Crippen molar-refractivity contribution in [2.24, 2.45) is 0 Å². The lowest BCUT2D eigenvalue weighted by Gasteiger charge is -2.28. The van der Waals surface area contributed by atoms with E-state index in [4.69, 9.17) is 4.74 Å². The smallest absolute Gasteiger partial charge is 0.294 e. The number of benzene rings is 1. The number of amides is 3. The number of aromatic nitrogens is 1. The highest BCUT2D eigenvalue weighted by Crippen LogP contribution is 2.34. The molecule has 0 spiro atoms. The summed E-state index contributed by atoms with van der Waals surface area (Å²) in [7, 11) is 0. The van der Waals surface area contributed by atoms with Crippen LogP contribution in [0, 0.1) is 17.4 Å². The number of halogens is 1. The van der Waals surface area contributed by atoms with Crippen molar-refractivity contribution < 1.29 is 19.1 Å². The van der Waals surface area contributed by atoms with Crippen LogP contribution in [0.4, 0.5) is 4.79 Å². The van der Waals surface area contributed by atoms with Crippen molar-refractivity contribution in [1.82, 2.24) is 14.4 Å². The molecule has 2 fully saturated rings. The van der Waals surface area contributed by atoms with Gasteiger partial charge in [-0.05, 0) is 84.1 Å². The predicted molar refractivity (Wildman–Crippen MR) is 128 cm³/mol. The third kappa shape index (κ3) is 4.58. The molecule has 7 nitrogen and oxygen atoms in total. The van der Waals surface area contributed by atoms with E-state index in [1.165, 1.54) is 0 Å². The fraction of sp³-hybridized carbons (Fsp3) is 0.318. The summed E-state index contributed by atoms with van der Waals surface area (Å²) >= 11 is 3.16. The minimum atomic E-state index is -0.421. The number of hydrogen-bond acceptors (Lipinski definition) is 5. The Morgan fingerprint density at radius 2 is 1.94 bits per heavy atom. The molecule has 3 heterocycles. The molecule has 162 valence electrons. The highest BCUT2D eigenvalue weighted by atomic mass is 127. The van der Waals surface area contributed by atoms with Crippen molar-refractivity contribution in [1.29, 1.82) is 0 Å². The number of carbonyl (C=O) groups excluding carboxylic acids is 3. The number of imide groups is 1. The van der Waals surface area contributed by atoms with Gasteiger partial charge in [-0.2, -0.15) is 0 Å². The van der Waals surface area contributed by atoms with Gasteiger partial charge in [0.2, 0.25) is 5.91 Å². The standard InChI is InChI=1S/C22H22IN3O4S/c1-14-10-16(15(2)26(14)18-5-3-4-17(23)12-18)11-19-21(28)25(22(29)31-19)13-20(27)24-6-8-30-9-7-24/h3-5,10-12H,6-9,13H2,1-2H3/b19-11+. The Labute approximate surface area is 198 Å². The van der Waals surface area contributed by atoms with Gasteiger partial charge in [0.05, 0.1) is 18.1 Å². The number of rotatable bonds is 4. The first-order chi connectivity index (χ1) is 14.8. The molecule has 3 amide bonds. The molecule has 31 heavy (non-hydrogen) atoms. The molecule has 2 saturated heterocycles. The van der Waals surface area contributed by atoms with Gasteiger partial charge in [-0.15, -0.1) is 0 Å². The summed E-state index contributed by atoms with van der Waals surface area (Å²) in [6.45, 7) is 5.68. The van der Waals surface area contributed by atoms with Gasteiger partial charge in [0.1, 0.15) is 6.54 Å². The van der Waals surface area contributed by atoms with Crippen LogP contribution in [0.25, 0.3) is 11.8 Å². The van der Waals surface area contributed by atoms with Gasteiger partial charge < -0.3 is 14.2 Å². The average Bonchev–Trinajstić information content (AvgIpc) is 3.18. The largest absolute Gasteiger partial charge is 0.378 e. The van der Waals surface area contributed by atoms with Gasteiger partial charge in [-0.1, -0.05) is 6.07 Å². The zero-order chi connectivity index (χ0) is 22.1. The van der Waals surface area contributed by atoms with Gasteiger partial charge in [0.15, 0.2) is 0 Å². The Morgan fingerprint density at radius 1 is 1.19 bits per heavy atom. The van der Waals surface area contributed by atoms with Crippen molar-refractivity contribution in [3.8, 4) is 5.69 Å². The molecule has 4 rings (SSSR count). The van der Waals surface area contributed by atoms with Gasteiger partial charge in [-0.25, -0.2) is 0 Å². The van der Waals surface area contributed by atoms with Crippen LogP contribution in [0.1, 0.15) is 17.0 Å². The van der Waals surface area contributed by atoms with Crippen LogP contribution in [0.3, 0.4) is 0 Å². The van der Waals surface area contributed by atoms with Crippen LogP contribution in [0.5, 0.6) is 0 Å². The van der Waals surface area contributed by atoms with Crippen LogP contribution < -0.4 is 0 Å². The summed E-state index contributed by atoms with van der Waals surface area (Å²) in [5.74, 6) is -0.653. The first kappa shape index (κ1) is 22.1. The lowest BCUT2D eigenvalue weighted by atomic mass is 10.2. The first-order valence-electron chi connectivity index (χ1n) is 9.91. The third-order valence-electron chi connectivity index (χ3n) is 5.35. The first-order valence-corrected chi connectivity index (χ1v) is 11.8. The van der Waals surface area contributed by atoms with E-state index in [0.717, 1.165) is 42.9 Å². The van der Waals surface area contributed by atoms with E-state index in [1.807, 2.05) is 38.1 Å². The summed E-state index contributed by atoms with van der Waals surface area (Å²) in [6, 6.07) is 10.2. The molecular weight excluding hydrogens is 529 g/mol. The molecule has 0 aliphatic carbocycles. The summed E-state index contributed by atoms with van der Waals surface area (Å²) in [4.78, 5) is 40.8. The minimum Gasteiger partial charge on any atom is -0.378 e. The molecule has 9 heteroatoms. The van der Waals surface area contributed by atoms with Crippen molar-refractivity contribution in [3.05, 3.63) is 55.8 Å². The highest BCUT2D eigenvalue weighted by Gasteiger charge is 2.37. The molecular formula is C22H22IN3O4S. The maximum atomic E-state index is 12.9. The predicted octanol–water partition coefficient (Wildman–Crippen LogP) is 3.59. The lowest BCUT2D eigenvalue weighted by molar-refractivity contribution is -0.139. The van der Waals surface area contributed by atoms with Crippen LogP contribution in [-0.4, -0.2) is 64.3 Å². The van der Waals surface area contributed by atoms with E-state index < -0.39 is 11.1 Å². The normalized spacial score (nSPS) is 18.4. The maximum Gasteiger partial charge on any atom is 0.294 e. The van der Waals surface area contributed by atoms with Crippen molar-refractivity contribution in [3.63, 3.8) is 0 Å². The van der Waals surface area contributed by atoms with E-state index in [1.54, 1.807) is 11.0 Å². The summed E-state index contributed by atoms with van der Waals surface area (Å²) in [5, 5.41) is -0.413. The van der Waals surface area contributed by atoms with E-state index in [9.17, 15) is 14.4 Å². The van der Waals surface area contributed by atoms with E-state index in [2.05, 4.69) is 33.2 Å². The average molecular weight is 551 g/mol. The second kappa shape index (κ2) is 9.17. The molecule has 0 atom stereocenters. The Hall–Kier alpha value is -2.11. The molecule has 0 radical (unpaired) electrons. The SMILES string of the molecule is Cc1cc(/C=C2/SC(=O)N(CC(=O)N3CCOCC3)C2=O)c(C)n1-c1cccc(I)c1. The number of aryl methyl sites for hydroxylation is 1. The number of nitrogens with zero attached hydrogens (tertiary/aromatic N) is 3. The Bertz CT molecular complexity index is 1090. The summed E-state index contributed by atoms with van der Waals surface area (Å²) < 4.78 is 8.51. The summed E-state index contributed by atoms with van der Waals surface area (Å²) in [6.07, 6.45) is 1.75. The number of morpholine rings is 1. The van der Waals surface area contributed by atoms with Crippen molar-refractivity contribution >= 4 is 57.5 Å².